The minimum atomic E-state index is -3.66. The van der Waals surface area contributed by atoms with Crippen LogP contribution in [0.1, 0.15) is 22.2 Å². The molecule has 0 fully saturated rings. The van der Waals surface area contributed by atoms with Gasteiger partial charge in [0.2, 0.25) is 10.0 Å². The van der Waals surface area contributed by atoms with Gasteiger partial charge < -0.3 is 9.52 Å². The summed E-state index contributed by atoms with van der Waals surface area (Å²) in [5.74, 6) is 0.480. The number of thiazole rings is 1. The first-order chi connectivity index (χ1) is 8.92. The van der Waals surface area contributed by atoms with Crippen molar-refractivity contribution >= 4 is 21.4 Å². The van der Waals surface area contributed by atoms with E-state index in [-0.39, 0.29) is 29.6 Å². The van der Waals surface area contributed by atoms with E-state index in [2.05, 4.69) is 9.71 Å². The molecule has 6 nitrogen and oxygen atoms in total. The van der Waals surface area contributed by atoms with Gasteiger partial charge in [-0.05, 0) is 13.8 Å². The van der Waals surface area contributed by atoms with E-state index in [9.17, 15) is 8.42 Å². The molecule has 2 aromatic rings. The summed E-state index contributed by atoms with van der Waals surface area (Å²) >= 11 is 1.46. The largest absolute Gasteiger partial charge is 0.462 e. The molecule has 0 aliphatic carbocycles. The fraction of sp³-hybridized carbons (Fsp3) is 0.364. The van der Waals surface area contributed by atoms with E-state index in [0.29, 0.717) is 5.69 Å². The first kappa shape index (κ1) is 14.2. The fourth-order valence-electron chi connectivity index (χ4n) is 1.61. The van der Waals surface area contributed by atoms with Crippen molar-refractivity contribution < 1.29 is 17.9 Å². The number of nitrogens with zero attached hydrogens (tertiary/aromatic N) is 1. The maximum absolute atomic E-state index is 12.1. The SMILES string of the molecule is Cc1nc(CNS(=O)(=O)c2cc(CO)oc2C)cs1. The number of aliphatic hydroxyl groups is 1. The summed E-state index contributed by atoms with van der Waals surface area (Å²) in [4.78, 5) is 4.22. The molecule has 8 heteroatoms. The lowest BCUT2D eigenvalue weighted by molar-refractivity contribution is 0.244. The van der Waals surface area contributed by atoms with Crippen LogP contribution < -0.4 is 4.72 Å². The van der Waals surface area contributed by atoms with E-state index in [0.717, 1.165) is 5.01 Å². The summed E-state index contributed by atoms with van der Waals surface area (Å²) in [5.41, 5.74) is 0.676. The Bertz CT molecular complexity index is 673. The average molecular weight is 302 g/mol. The Kier molecular flexibility index (Phi) is 4.04. The second-order valence-electron chi connectivity index (χ2n) is 3.97. The van der Waals surface area contributed by atoms with Gasteiger partial charge >= 0.3 is 0 Å². The second-order valence-corrected chi connectivity index (χ2v) is 6.77. The summed E-state index contributed by atoms with van der Waals surface area (Å²) in [7, 11) is -3.66. The van der Waals surface area contributed by atoms with Crippen LogP contribution in [0.25, 0.3) is 0 Å². The summed E-state index contributed by atoms with van der Waals surface area (Å²) in [6, 6.07) is 1.32. The molecule has 2 heterocycles. The third-order valence-corrected chi connectivity index (χ3v) is 4.81. The average Bonchev–Trinajstić information content (AvgIpc) is 2.93. The number of rotatable bonds is 5. The maximum Gasteiger partial charge on any atom is 0.244 e. The Balaban J connectivity index is 2.15. The molecule has 0 aliphatic rings. The van der Waals surface area contributed by atoms with Crippen LogP contribution >= 0.6 is 11.3 Å². The smallest absolute Gasteiger partial charge is 0.244 e. The Morgan fingerprint density at radius 3 is 2.74 bits per heavy atom. The quantitative estimate of drug-likeness (QED) is 0.869. The molecule has 0 aromatic carbocycles. The molecule has 2 N–H and O–H groups in total. The number of aliphatic hydroxyl groups excluding tert-OH is 1. The molecule has 0 unspecified atom stereocenters. The maximum atomic E-state index is 12.1. The lowest BCUT2D eigenvalue weighted by atomic mass is 10.4. The lowest BCUT2D eigenvalue weighted by Crippen LogP contribution is -2.23. The van der Waals surface area contributed by atoms with Gasteiger partial charge in [-0.2, -0.15) is 0 Å². The van der Waals surface area contributed by atoms with Gasteiger partial charge in [-0.3, -0.25) is 0 Å². The molecule has 0 radical (unpaired) electrons. The highest BCUT2D eigenvalue weighted by atomic mass is 32.2. The van der Waals surface area contributed by atoms with Crippen LogP contribution in [-0.2, 0) is 23.2 Å². The molecule has 0 spiro atoms. The van der Waals surface area contributed by atoms with E-state index < -0.39 is 10.0 Å². The van der Waals surface area contributed by atoms with Gasteiger partial charge in [-0.25, -0.2) is 18.1 Å². The molecule has 0 amide bonds. The van der Waals surface area contributed by atoms with Gasteiger partial charge in [0.25, 0.3) is 0 Å². The van der Waals surface area contributed by atoms with Crippen molar-refractivity contribution in [3.8, 4) is 0 Å². The summed E-state index contributed by atoms with van der Waals surface area (Å²) in [6.45, 7) is 3.20. The summed E-state index contributed by atoms with van der Waals surface area (Å²) in [6.07, 6.45) is 0. The van der Waals surface area contributed by atoms with Gasteiger partial charge in [0.1, 0.15) is 23.0 Å². The van der Waals surface area contributed by atoms with Crippen LogP contribution in [-0.4, -0.2) is 18.5 Å². The van der Waals surface area contributed by atoms with Gasteiger partial charge in [-0.15, -0.1) is 11.3 Å². The topological polar surface area (TPSA) is 92.4 Å². The van der Waals surface area contributed by atoms with Gasteiger partial charge in [0.15, 0.2) is 0 Å². The predicted octanol–water partition coefficient (Wildman–Crippen LogP) is 1.32. The Morgan fingerprint density at radius 1 is 1.47 bits per heavy atom. The van der Waals surface area contributed by atoms with Crippen LogP contribution in [0.4, 0.5) is 0 Å². The van der Waals surface area contributed by atoms with Gasteiger partial charge in [0.05, 0.1) is 17.2 Å². The molecule has 2 rings (SSSR count). The highest BCUT2D eigenvalue weighted by molar-refractivity contribution is 7.89. The zero-order valence-electron chi connectivity index (χ0n) is 10.5. The molecule has 0 saturated carbocycles. The Labute approximate surface area is 115 Å². The van der Waals surface area contributed by atoms with Crippen LogP contribution in [0.5, 0.6) is 0 Å². The molecule has 0 bridgehead atoms. The minimum absolute atomic E-state index is 0.0449. The van der Waals surface area contributed by atoms with Crippen molar-refractivity contribution in [3.63, 3.8) is 0 Å². The van der Waals surface area contributed by atoms with E-state index in [1.54, 1.807) is 12.3 Å². The van der Waals surface area contributed by atoms with Crippen LogP contribution in [0.2, 0.25) is 0 Å². The molecular formula is C11H14N2O4S2. The number of furan rings is 1. The third kappa shape index (κ3) is 3.21. The third-order valence-electron chi connectivity index (χ3n) is 2.48. The van der Waals surface area contributed by atoms with Crippen LogP contribution in [0.15, 0.2) is 20.8 Å². The molecule has 2 aromatic heterocycles. The number of sulfonamides is 1. The lowest BCUT2D eigenvalue weighted by Gasteiger charge is -2.03. The molecule has 0 atom stereocenters. The molecule has 104 valence electrons. The molecular weight excluding hydrogens is 288 g/mol. The highest BCUT2D eigenvalue weighted by Crippen LogP contribution is 2.20. The highest BCUT2D eigenvalue weighted by Gasteiger charge is 2.21. The summed E-state index contributed by atoms with van der Waals surface area (Å²) < 4.78 is 31.8. The van der Waals surface area contributed by atoms with Gasteiger partial charge in [-0.1, -0.05) is 0 Å². The number of hydrogen-bond donors (Lipinski definition) is 2. The first-order valence-electron chi connectivity index (χ1n) is 5.53. The predicted molar refractivity (Wildman–Crippen MR) is 70.2 cm³/mol. The van der Waals surface area contributed by atoms with Crippen molar-refractivity contribution in [1.29, 1.82) is 0 Å². The number of hydrogen-bond acceptors (Lipinski definition) is 6. The van der Waals surface area contributed by atoms with Crippen LogP contribution in [0, 0.1) is 13.8 Å². The van der Waals surface area contributed by atoms with Crippen molar-refractivity contribution in [1.82, 2.24) is 9.71 Å². The Morgan fingerprint density at radius 2 is 2.21 bits per heavy atom. The first-order valence-corrected chi connectivity index (χ1v) is 7.89. The number of aryl methyl sites for hydroxylation is 2. The minimum Gasteiger partial charge on any atom is -0.462 e. The van der Waals surface area contributed by atoms with Crippen LogP contribution in [0.3, 0.4) is 0 Å². The van der Waals surface area contributed by atoms with Crippen molar-refractivity contribution in [2.75, 3.05) is 0 Å². The van der Waals surface area contributed by atoms with E-state index >= 15 is 0 Å². The zero-order valence-corrected chi connectivity index (χ0v) is 12.1. The van der Waals surface area contributed by atoms with E-state index in [4.69, 9.17) is 9.52 Å². The standard InChI is InChI=1S/C11H14N2O4S2/c1-7-11(3-10(5-14)17-7)19(15,16)12-4-9-6-18-8(2)13-9/h3,6,12,14H,4-5H2,1-2H3. The van der Waals surface area contributed by atoms with Crippen molar-refractivity contribution in [2.24, 2.45) is 0 Å². The summed E-state index contributed by atoms with van der Waals surface area (Å²) in [5, 5.41) is 11.6. The zero-order chi connectivity index (χ0) is 14.0. The van der Waals surface area contributed by atoms with Crippen molar-refractivity contribution in [3.05, 3.63) is 33.7 Å². The monoisotopic (exact) mass is 302 g/mol. The van der Waals surface area contributed by atoms with Crippen molar-refractivity contribution in [2.45, 2.75) is 31.9 Å². The second kappa shape index (κ2) is 5.41. The Hall–Kier alpha value is -1.22. The fourth-order valence-corrected chi connectivity index (χ4v) is 3.42. The number of aromatic nitrogens is 1. The normalized spacial score (nSPS) is 11.9. The molecule has 19 heavy (non-hydrogen) atoms. The molecule has 0 aliphatic heterocycles. The van der Waals surface area contributed by atoms with Gasteiger partial charge in [0, 0.05) is 11.4 Å². The van der Waals surface area contributed by atoms with E-state index in [1.807, 2.05) is 6.92 Å². The van der Waals surface area contributed by atoms with E-state index in [1.165, 1.54) is 17.4 Å². The molecule has 0 saturated heterocycles. The number of nitrogens with one attached hydrogen (secondary N) is 1.